The van der Waals surface area contributed by atoms with E-state index in [2.05, 4.69) is 5.16 Å². The van der Waals surface area contributed by atoms with Crippen LogP contribution in [0.1, 0.15) is 44.2 Å². The molecule has 2 rings (SSSR count). The van der Waals surface area contributed by atoms with Gasteiger partial charge in [-0.1, -0.05) is 18.1 Å². The van der Waals surface area contributed by atoms with E-state index >= 15 is 0 Å². The van der Waals surface area contributed by atoms with E-state index in [4.69, 9.17) is 14.0 Å². The lowest BCUT2D eigenvalue weighted by atomic mass is 10.2. The number of aromatic nitrogens is 1. The van der Waals surface area contributed by atoms with Gasteiger partial charge in [0.1, 0.15) is 10.6 Å². The third-order valence-electron chi connectivity index (χ3n) is 4.01. The van der Waals surface area contributed by atoms with E-state index in [1.54, 1.807) is 13.8 Å². The number of benzene rings is 1. The number of sulfonamides is 1. The zero-order chi connectivity index (χ0) is 20.0. The van der Waals surface area contributed by atoms with Crippen LogP contribution in [0.25, 0.3) is 0 Å². The van der Waals surface area contributed by atoms with E-state index in [0.29, 0.717) is 49.1 Å². The summed E-state index contributed by atoms with van der Waals surface area (Å²) in [6, 6.07) is 5.51. The van der Waals surface area contributed by atoms with Crippen molar-refractivity contribution in [2.24, 2.45) is 0 Å². The third-order valence-corrected chi connectivity index (χ3v) is 6.10. The van der Waals surface area contributed by atoms with Crippen LogP contribution in [0, 0.1) is 13.8 Å². The molecule has 0 atom stereocenters. The van der Waals surface area contributed by atoms with E-state index < -0.39 is 10.0 Å². The van der Waals surface area contributed by atoms with E-state index in [1.165, 1.54) is 4.31 Å². The average molecular weight is 397 g/mol. The van der Waals surface area contributed by atoms with Gasteiger partial charge in [-0.2, -0.15) is 4.31 Å². The molecule has 0 saturated heterocycles. The molecule has 0 bridgehead atoms. The second-order valence-corrected chi connectivity index (χ2v) is 8.01. The van der Waals surface area contributed by atoms with Gasteiger partial charge < -0.3 is 14.0 Å². The van der Waals surface area contributed by atoms with Gasteiger partial charge in [-0.05, 0) is 51.8 Å². The summed E-state index contributed by atoms with van der Waals surface area (Å²) < 4.78 is 44.1. The molecule has 0 radical (unpaired) electrons. The standard InChI is InChI=1S/C19H28N2O5S/c1-6-11-21(27(22,23)19-14(4)20-26-15(19)5)13-16-9-10-17(24-7-2)18(12-16)25-8-3/h9-10,12H,6-8,11,13H2,1-5H3. The molecule has 0 aliphatic carbocycles. The molecule has 0 N–H and O–H groups in total. The predicted molar refractivity (Wildman–Crippen MR) is 103 cm³/mol. The Hall–Kier alpha value is -2.06. The molecule has 0 unspecified atom stereocenters. The molecule has 0 saturated carbocycles. The van der Waals surface area contributed by atoms with Crippen LogP contribution >= 0.6 is 0 Å². The molecule has 0 aliphatic heterocycles. The molecule has 0 aliphatic rings. The summed E-state index contributed by atoms with van der Waals surface area (Å²) in [6.07, 6.45) is 0.692. The molecule has 1 heterocycles. The van der Waals surface area contributed by atoms with Crippen LogP contribution in [0.5, 0.6) is 11.5 Å². The molecular formula is C19H28N2O5S. The van der Waals surface area contributed by atoms with Crippen LogP contribution < -0.4 is 9.47 Å². The Bertz CT molecular complexity index is 841. The predicted octanol–water partition coefficient (Wildman–Crippen LogP) is 3.69. The summed E-state index contributed by atoms with van der Waals surface area (Å²) in [4.78, 5) is 0.145. The van der Waals surface area contributed by atoms with Gasteiger partial charge in [0.15, 0.2) is 17.3 Å². The molecule has 1 aromatic carbocycles. The van der Waals surface area contributed by atoms with E-state index in [0.717, 1.165) is 5.56 Å². The van der Waals surface area contributed by atoms with Crippen molar-refractivity contribution in [2.75, 3.05) is 19.8 Å². The summed E-state index contributed by atoms with van der Waals surface area (Å²) in [5.41, 5.74) is 1.20. The Morgan fingerprint density at radius 1 is 1.07 bits per heavy atom. The smallest absolute Gasteiger partial charge is 0.248 e. The first-order chi connectivity index (χ1) is 12.8. The van der Waals surface area contributed by atoms with E-state index in [-0.39, 0.29) is 11.4 Å². The van der Waals surface area contributed by atoms with Crippen LogP contribution in [0.15, 0.2) is 27.6 Å². The van der Waals surface area contributed by atoms with Crippen molar-refractivity contribution < 1.29 is 22.4 Å². The highest BCUT2D eigenvalue weighted by Gasteiger charge is 2.30. The minimum absolute atomic E-state index is 0.145. The van der Waals surface area contributed by atoms with Crippen molar-refractivity contribution in [3.63, 3.8) is 0 Å². The topological polar surface area (TPSA) is 81.9 Å². The zero-order valence-electron chi connectivity index (χ0n) is 16.6. The van der Waals surface area contributed by atoms with Gasteiger partial charge in [0.25, 0.3) is 0 Å². The van der Waals surface area contributed by atoms with Crippen molar-refractivity contribution in [1.82, 2.24) is 9.46 Å². The first-order valence-electron chi connectivity index (χ1n) is 9.16. The van der Waals surface area contributed by atoms with Crippen molar-refractivity contribution in [2.45, 2.75) is 52.5 Å². The highest BCUT2D eigenvalue weighted by molar-refractivity contribution is 7.89. The van der Waals surface area contributed by atoms with Gasteiger partial charge in [-0.3, -0.25) is 0 Å². The zero-order valence-corrected chi connectivity index (χ0v) is 17.4. The lowest BCUT2D eigenvalue weighted by Gasteiger charge is -2.22. The third kappa shape index (κ3) is 4.81. The number of hydrogen-bond acceptors (Lipinski definition) is 6. The molecule has 27 heavy (non-hydrogen) atoms. The second kappa shape index (κ2) is 9.23. The summed E-state index contributed by atoms with van der Waals surface area (Å²) in [5.74, 6) is 1.57. The SMILES string of the molecule is CCCN(Cc1ccc(OCC)c(OCC)c1)S(=O)(=O)c1c(C)noc1C. The fourth-order valence-corrected chi connectivity index (χ4v) is 4.71. The maximum atomic E-state index is 13.2. The van der Waals surface area contributed by atoms with Gasteiger partial charge in [-0.15, -0.1) is 0 Å². The monoisotopic (exact) mass is 396 g/mol. The normalized spacial score (nSPS) is 11.8. The molecule has 2 aromatic rings. The lowest BCUT2D eigenvalue weighted by molar-refractivity contribution is 0.287. The highest BCUT2D eigenvalue weighted by Crippen LogP contribution is 2.30. The lowest BCUT2D eigenvalue weighted by Crippen LogP contribution is -2.32. The largest absolute Gasteiger partial charge is 0.490 e. The van der Waals surface area contributed by atoms with Crippen molar-refractivity contribution in [1.29, 1.82) is 0 Å². The number of nitrogens with zero attached hydrogens (tertiary/aromatic N) is 2. The Kier molecular flexibility index (Phi) is 7.26. The van der Waals surface area contributed by atoms with Crippen LogP contribution in [0.3, 0.4) is 0 Å². The van der Waals surface area contributed by atoms with Crippen molar-refractivity contribution in [3.8, 4) is 11.5 Å². The average Bonchev–Trinajstić information content (AvgIpc) is 2.96. The molecule has 7 nitrogen and oxygen atoms in total. The summed E-state index contributed by atoms with van der Waals surface area (Å²) >= 11 is 0. The van der Waals surface area contributed by atoms with Gasteiger partial charge in [0, 0.05) is 13.1 Å². The maximum absolute atomic E-state index is 13.2. The Morgan fingerprint density at radius 3 is 2.30 bits per heavy atom. The van der Waals surface area contributed by atoms with Crippen molar-refractivity contribution >= 4 is 10.0 Å². The van der Waals surface area contributed by atoms with Crippen LogP contribution in [0.4, 0.5) is 0 Å². The van der Waals surface area contributed by atoms with Gasteiger partial charge >= 0.3 is 0 Å². The van der Waals surface area contributed by atoms with Crippen molar-refractivity contribution in [3.05, 3.63) is 35.2 Å². The van der Waals surface area contributed by atoms with Gasteiger partial charge in [0.2, 0.25) is 10.0 Å². The Balaban J connectivity index is 2.37. The molecular weight excluding hydrogens is 368 g/mol. The molecule has 0 spiro atoms. The number of aryl methyl sites for hydroxylation is 2. The molecule has 0 fully saturated rings. The minimum atomic E-state index is -3.72. The number of rotatable bonds is 10. The minimum Gasteiger partial charge on any atom is -0.490 e. The van der Waals surface area contributed by atoms with Gasteiger partial charge in [-0.25, -0.2) is 8.42 Å². The number of ether oxygens (including phenoxy) is 2. The van der Waals surface area contributed by atoms with E-state index in [9.17, 15) is 8.42 Å². The first kappa shape index (κ1) is 21.2. The van der Waals surface area contributed by atoms with Crippen LogP contribution in [-0.4, -0.2) is 37.6 Å². The quantitative estimate of drug-likeness (QED) is 0.609. The maximum Gasteiger partial charge on any atom is 0.248 e. The fraction of sp³-hybridized carbons (Fsp3) is 0.526. The Morgan fingerprint density at radius 2 is 1.74 bits per heavy atom. The molecule has 150 valence electrons. The number of hydrogen-bond donors (Lipinski definition) is 0. The molecule has 0 amide bonds. The first-order valence-corrected chi connectivity index (χ1v) is 10.6. The summed E-state index contributed by atoms with van der Waals surface area (Å²) in [7, 11) is -3.72. The second-order valence-electron chi connectivity index (χ2n) is 6.14. The van der Waals surface area contributed by atoms with Crippen LogP contribution in [-0.2, 0) is 16.6 Å². The fourth-order valence-electron chi connectivity index (χ4n) is 2.90. The summed E-state index contributed by atoms with van der Waals surface area (Å²) in [5, 5.41) is 3.79. The Labute approximate surface area is 161 Å². The van der Waals surface area contributed by atoms with Gasteiger partial charge in [0.05, 0.1) is 13.2 Å². The highest BCUT2D eigenvalue weighted by atomic mass is 32.2. The molecule has 1 aromatic heterocycles. The van der Waals surface area contributed by atoms with Crippen LogP contribution in [0.2, 0.25) is 0 Å². The molecule has 8 heteroatoms. The summed E-state index contributed by atoms with van der Waals surface area (Å²) in [6.45, 7) is 10.6. The van der Waals surface area contributed by atoms with E-state index in [1.807, 2.05) is 39.0 Å².